The SMILES string of the molecule is CC(C)CN(c1ncc(CCN)cn1)C(C)C. The van der Waals surface area contributed by atoms with E-state index in [1.165, 1.54) is 0 Å². The van der Waals surface area contributed by atoms with Gasteiger partial charge in [0, 0.05) is 25.0 Å². The van der Waals surface area contributed by atoms with E-state index in [0.717, 1.165) is 24.5 Å². The average Bonchev–Trinajstić information content (AvgIpc) is 2.27. The minimum atomic E-state index is 0.415. The monoisotopic (exact) mass is 236 g/mol. The van der Waals surface area contributed by atoms with Crippen molar-refractivity contribution < 1.29 is 0 Å². The van der Waals surface area contributed by atoms with Gasteiger partial charge in [-0.05, 0) is 38.3 Å². The average molecular weight is 236 g/mol. The van der Waals surface area contributed by atoms with Gasteiger partial charge in [0.25, 0.3) is 0 Å². The van der Waals surface area contributed by atoms with Gasteiger partial charge >= 0.3 is 0 Å². The van der Waals surface area contributed by atoms with Crippen LogP contribution in [0.1, 0.15) is 33.3 Å². The lowest BCUT2D eigenvalue weighted by Gasteiger charge is -2.28. The molecular formula is C13H24N4. The van der Waals surface area contributed by atoms with E-state index in [1.807, 2.05) is 12.4 Å². The topological polar surface area (TPSA) is 55.0 Å². The normalized spacial score (nSPS) is 11.2. The summed E-state index contributed by atoms with van der Waals surface area (Å²) in [4.78, 5) is 11.1. The van der Waals surface area contributed by atoms with E-state index in [4.69, 9.17) is 5.73 Å². The molecule has 0 bridgehead atoms. The minimum absolute atomic E-state index is 0.415. The second-order valence-corrected chi connectivity index (χ2v) is 5.07. The maximum Gasteiger partial charge on any atom is 0.225 e. The summed E-state index contributed by atoms with van der Waals surface area (Å²) in [5.74, 6) is 1.42. The molecule has 0 aliphatic heterocycles. The Bertz CT molecular complexity index is 319. The molecular weight excluding hydrogens is 212 g/mol. The molecule has 1 aromatic rings. The number of rotatable bonds is 6. The molecule has 0 saturated carbocycles. The molecule has 1 heterocycles. The first-order valence-corrected chi connectivity index (χ1v) is 6.32. The Labute approximate surface area is 104 Å². The third-order valence-electron chi connectivity index (χ3n) is 2.57. The molecule has 0 unspecified atom stereocenters. The predicted molar refractivity (Wildman–Crippen MR) is 72.1 cm³/mol. The van der Waals surface area contributed by atoms with Gasteiger partial charge in [0.1, 0.15) is 0 Å². The lowest BCUT2D eigenvalue weighted by molar-refractivity contribution is 0.560. The van der Waals surface area contributed by atoms with Crippen LogP contribution in [0.5, 0.6) is 0 Å². The van der Waals surface area contributed by atoms with E-state index < -0.39 is 0 Å². The molecule has 96 valence electrons. The molecule has 0 radical (unpaired) electrons. The molecule has 4 nitrogen and oxygen atoms in total. The van der Waals surface area contributed by atoms with E-state index in [9.17, 15) is 0 Å². The maximum atomic E-state index is 5.51. The molecule has 2 N–H and O–H groups in total. The van der Waals surface area contributed by atoms with Crippen LogP contribution in [0.3, 0.4) is 0 Å². The summed E-state index contributed by atoms with van der Waals surface area (Å²) in [6.07, 6.45) is 4.60. The van der Waals surface area contributed by atoms with E-state index in [2.05, 4.69) is 42.6 Å². The highest BCUT2D eigenvalue weighted by Crippen LogP contribution is 2.13. The Kier molecular flexibility index (Phi) is 5.35. The first-order valence-electron chi connectivity index (χ1n) is 6.32. The number of anilines is 1. The molecule has 0 saturated heterocycles. The van der Waals surface area contributed by atoms with Gasteiger partial charge in [0.15, 0.2) is 0 Å². The highest BCUT2D eigenvalue weighted by atomic mass is 15.3. The standard InChI is InChI=1S/C13H24N4/c1-10(2)9-17(11(3)4)13-15-7-12(5-6-14)8-16-13/h7-8,10-11H,5-6,9,14H2,1-4H3. The second-order valence-electron chi connectivity index (χ2n) is 5.07. The van der Waals surface area contributed by atoms with Crippen molar-refractivity contribution in [3.8, 4) is 0 Å². The van der Waals surface area contributed by atoms with Crippen molar-refractivity contribution in [2.75, 3.05) is 18.0 Å². The Hall–Kier alpha value is -1.16. The van der Waals surface area contributed by atoms with Gasteiger partial charge in [-0.15, -0.1) is 0 Å². The van der Waals surface area contributed by atoms with Crippen LogP contribution >= 0.6 is 0 Å². The van der Waals surface area contributed by atoms with Crippen LogP contribution in [-0.2, 0) is 6.42 Å². The zero-order valence-electron chi connectivity index (χ0n) is 11.3. The van der Waals surface area contributed by atoms with Crippen molar-refractivity contribution in [1.29, 1.82) is 0 Å². The van der Waals surface area contributed by atoms with Gasteiger partial charge in [-0.2, -0.15) is 0 Å². The summed E-state index contributed by atoms with van der Waals surface area (Å²) < 4.78 is 0. The molecule has 0 amide bonds. The first-order chi connectivity index (χ1) is 8.04. The van der Waals surface area contributed by atoms with Gasteiger partial charge in [0.05, 0.1) is 0 Å². The molecule has 1 rings (SSSR count). The third kappa shape index (κ3) is 4.30. The number of hydrogen-bond donors (Lipinski definition) is 1. The Morgan fingerprint density at radius 3 is 2.18 bits per heavy atom. The maximum absolute atomic E-state index is 5.51. The van der Waals surface area contributed by atoms with Gasteiger partial charge in [-0.3, -0.25) is 0 Å². The fourth-order valence-electron chi connectivity index (χ4n) is 1.71. The summed E-state index contributed by atoms with van der Waals surface area (Å²) in [7, 11) is 0. The molecule has 0 fully saturated rings. The Morgan fingerprint density at radius 1 is 1.18 bits per heavy atom. The number of hydrogen-bond acceptors (Lipinski definition) is 4. The lowest BCUT2D eigenvalue weighted by atomic mass is 10.2. The van der Waals surface area contributed by atoms with E-state index in [0.29, 0.717) is 18.5 Å². The zero-order valence-corrected chi connectivity index (χ0v) is 11.3. The fourth-order valence-corrected chi connectivity index (χ4v) is 1.71. The summed E-state index contributed by atoms with van der Waals surface area (Å²) >= 11 is 0. The highest BCUT2D eigenvalue weighted by Gasteiger charge is 2.14. The molecule has 0 aromatic carbocycles. The van der Waals surface area contributed by atoms with Gasteiger partial charge in [-0.25, -0.2) is 9.97 Å². The molecule has 0 aliphatic rings. The first kappa shape index (κ1) is 13.9. The molecule has 0 spiro atoms. The minimum Gasteiger partial charge on any atom is -0.338 e. The van der Waals surface area contributed by atoms with Crippen molar-refractivity contribution in [3.63, 3.8) is 0 Å². The Morgan fingerprint density at radius 2 is 1.76 bits per heavy atom. The van der Waals surface area contributed by atoms with Crippen LogP contribution in [-0.4, -0.2) is 29.1 Å². The van der Waals surface area contributed by atoms with Crippen molar-refractivity contribution in [2.24, 2.45) is 11.7 Å². The van der Waals surface area contributed by atoms with E-state index in [1.54, 1.807) is 0 Å². The second kappa shape index (κ2) is 6.55. The predicted octanol–water partition coefficient (Wildman–Crippen LogP) is 1.85. The summed E-state index contributed by atoms with van der Waals surface area (Å²) in [6.45, 7) is 10.4. The number of nitrogens with two attached hydrogens (primary N) is 1. The molecule has 0 atom stereocenters. The van der Waals surface area contributed by atoms with Gasteiger partial charge in [0.2, 0.25) is 5.95 Å². The molecule has 1 aromatic heterocycles. The van der Waals surface area contributed by atoms with Crippen molar-refractivity contribution in [2.45, 2.75) is 40.2 Å². The molecule has 4 heteroatoms. The molecule has 17 heavy (non-hydrogen) atoms. The van der Waals surface area contributed by atoms with Gasteiger partial charge in [-0.1, -0.05) is 13.8 Å². The van der Waals surface area contributed by atoms with Crippen LogP contribution in [0.25, 0.3) is 0 Å². The number of aromatic nitrogens is 2. The quantitative estimate of drug-likeness (QED) is 0.819. The van der Waals surface area contributed by atoms with E-state index in [-0.39, 0.29) is 0 Å². The van der Waals surface area contributed by atoms with Crippen LogP contribution in [0.15, 0.2) is 12.4 Å². The smallest absolute Gasteiger partial charge is 0.225 e. The van der Waals surface area contributed by atoms with Crippen molar-refractivity contribution in [3.05, 3.63) is 18.0 Å². The highest BCUT2D eigenvalue weighted by molar-refractivity contribution is 5.31. The summed E-state index contributed by atoms with van der Waals surface area (Å²) in [5, 5.41) is 0. The summed E-state index contributed by atoms with van der Waals surface area (Å²) in [5.41, 5.74) is 6.61. The van der Waals surface area contributed by atoms with Crippen molar-refractivity contribution >= 4 is 5.95 Å². The van der Waals surface area contributed by atoms with Crippen LogP contribution < -0.4 is 10.6 Å². The molecule has 0 aliphatic carbocycles. The van der Waals surface area contributed by atoms with Crippen LogP contribution in [0.4, 0.5) is 5.95 Å². The summed E-state index contributed by atoms with van der Waals surface area (Å²) in [6, 6.07) is 0.415. The van der Waals surface area contributed by atoms with E-state index >= 15 is 0 Å². The lowest BCUT2D eigenvalue weighted by Crippen LogP contribution is -2.35. The van der Waals surface area contributed by atoms with Crippen LogP contribution in [0, 0.1) is 5.92 Å². The zero-order chi connectivity index (χ0) is 12.8. The fraction of sp³-hybridized carbons (Fsp3) is 0.692. The Balaban J connectivity index is 2.80. The van der Waals surface area contributed by atoms with Crippen molar-refractivity contribution in [1.82, 2.24) is 9.97 Å². The number of nitrogens with zero attached hydrogens (tertiary/aromatic N) is 3. The van der Waals surface area contributed by atoms with Crippen LogP contribution in [0.2, 0.25) is 0 Å². The largest absolute Gasteiger partial charge is 0.338 e. The third-order valence-corrected chi connectivity index (χ3v) is 2.57. The van der Waals surface area contributed by atoms with Gasteiger partial charge < -0.3 is 10.6 Å².